The van der Waals surface area contributed by atoms with Gasteiger partial charge in [0.15, 0.2) is 0 Å². The third kappa shape index (κ3) is 3.99. The number of amides is 1. The van der Waals surface area contributed by atoms with E-state index in [1.165, 1.54) is 14.2 Å². The number of anilines is 1. The van der Waals surface area contributed by atoms with Crippen LogP contribution in [0, 0.1) is 20.8 Å². The van der Waals surface area contributed by atoms with E-state index in [0.717, 1.165) is 9.87 Å². The summed E-state index contributed by atoms with van der Waals surface area (Å²) in [6.45, 7) is 4.78. The summed E-state index contributed by atoms with van der Waals surface area (Å²) in [6.07, 6.45) is 0. The van der Waals surface area contributed by atoms with Gasteiger partial charge in [0.2, 0.25) is 15.9 Å². The molecule has 0 atom stereocenters. The number of aromatic nitrogens is 2. The van der Waals surface area contributed by atoms with Crippen molar-refractivity contribution in [2.45, 2.75) is 25.7 Å². The van der Waals surface area contributed by atoms with Crippen LogP contribution in [0.4, 0.5) is 5.69 Å². The van der Waals surface area contributed by atoms with Crippen molar-refractivity contribution < 1.29 is 17.9 Å². The molecule has 25 heavy (non-hydrogen) atoms. The number of H-pyrrole nitrogens is 1. The first-order valence-electron chi connectivity index (χ1n) is 7.59. The number of ether oxygens (including phenoxy) is 1. The quantitative estimate of drug-likeness (QED) is 0.808. The molecule has 0 fully saturated rings. The highest BCUT2D eigenvalue weighted by molar-refractivity contribution is 7.89. The Morgan fingerprint density at radius 3 is 2.56 bits per heavy atom. The first-order valence-corrected chi connectivity index (χ1v) is 9.03. The van der Waals surface area contributed by atoms with Gasteiger partial charge in [-0.25, -0.2) is 8.42 Å². The highest BCUT2D eigenvalue weighted by atomic mass is 32.2. The Balaban J connectivity index is 2.17. The average Bonchev–Trinajstić information content (AvgIpc) is 2.86. The second-order valence-electron chi connectivity index (χ2n) is 5.78. The van der Waals surface area contributed by atoms with Crippen LogP contribution in [-0.4, -0.2) is 49.5 Å². The van der Waals surface area contributed by atoms with Crippen molar-refractivity contribution >= 4 is 21.6 Å². The Kier molecular flexibility index (Phi) is 5.48. The minimum atomic E-state index is -3.82. The summed E-state index contributed by atoms with van der Waals surface area (Å²) in [7, 11) is -0.964. The van der Waals surface area contributed by atoms with Crippen LogP contribution in [0.5, 0.6) is 5.75 Å². The fourth-order valence-electron chi connectivity index (χ4n) is 2.47. The van der Waals surface area contributed by atoms with Gasteiger partial charge in [0.1, 0.15) is 10.6 Å². The monoisotopic (exact) mass is 366 g/mol. The number of carbonyl (C=O) groups excluding carboxylic acids is 1. The number of likely N-dealkylation sites (N-methyl/N-ethyl adjacent to an activating group) is 1. The predicted octanol–water partition coefficient (Wildman–Crippen LogP) is 1.60. The molecule has 0 unspecified atom stereocenters. The average molecular weight is 366 g/mol. The number of nitrogens with zero attached hydrogens (tertiary/aromatic N) is 2. The topological polar surface area (TPSA) is 104 Å². The van der Waals surface area contributed by atoms with Gasteiger partial charge in [-0.15, -0.1) is 0 Å². The van der Waals surface area contributed by atoms with Gasteiger partial charge < -0.3 is 10.1 Å². The smallest absolute Gasteiger partial charge is 0.246 e. The lowest BCUT2D eigenvalue weighted by Crippen LogP contribution is -2.35. The first kappa shape index (κ1) is 18.9. The van der Waals surface area contributed by atoms with Gasteiger partial charge in [-0.1, -0.05) is 6.07 Å². The summed E-state index contributed by atoms with van der Waals surface area (Å²) in [5.41, 5.74) is 2.24. The van der Waals surface area contributed by atoms with E-state index < -0.39 is 15.9 Å². The molecule has 1 aromatic carbocycles. The minimum Gasteiger partial charge on any atom is -0.495 e. The second kappa shape index (κ2) is 7.24. The fraction of sp³-hybridized carbons (Fsp3) is 0.375. The Hall–Kier alpha value is -2.39. The van der Waals surface area contributed by atoms with E-state index in [9.17, 15) is 13.2 Å². The standard InChI is InChI=1S/C16H22N4O4S/c1-10-6-7-14(24-5)13(8-10)17-15(21)9-20(4)25(22,23)16-11(2)18-19-12(16)3/h6-8H,9H2,1-5H3,(H,17,21)(H,18,19). The third-order valence-electron chi connectivity index (χ3n) is 3.72. The summed E-state index contributed by atoms with van der Waals surface area (Å²) in [5, 5.41) is 9.22. The van der Waals surface area contributed by atoms with E-state index in [1.54, 1.807) is 26.0 Å². The van der Waals surface area contributed by atoms with Crippen molar-refractivity contribution in [1.29, 1.82) is 0 Å². The zero-order valence-corrected chi connectivity index (χ0v) is 15.7. The molecule has 0 saturated carbocycles. The molecule has 0 aliphatic carbocycles. The molecule has 0 aliphatic rings. The number of rotatable bonds is 6. The van der Waals surface area contributed by atoms with Crippen LogP contribution in [0.3, 0.4) is 0 Å². The van der Waals surface area contributed by atoms with Gasteiger partial charge in [-0.2, -0.15) is 9.40 Å². The summed E-state index contributed by atoms with van der Waals surface area (Å²) >= 11 is 0. The minimum absolute atomic E-state index is 0.0935. The molecule has 1 aromatic heterocycles. The van der Waals surface area contributed by atoms with E-state index in [4.69, 9.17) is 4.74 Å². The van der Waals surface area contributed by atoms with Crippen molar-refractivity contribution in [1.82, 2.24) is 14.5 Å². The van der Waals surface area contributed by atoms with Crippen LogP contribution in [0.2, 0.25) is 0 Å². The van der Waals surface area contributed by atoms with E-state index in [-0.39, 0.29) is 11.4 Å². The van der Waals surface area contributed by atoms with Gasteiger partial charge >= 0.3 is 0 Å². The van der Waals surface area contributed by atoms with Gasteiger partial charge in [0.05, 0.1) is 30.7 Å². The molecule has 0 spiro atoms. The highest BCUT2D eigenvalue weighted by Crippen LogP contribution is 2.25. The van der Waals surface area contributed by atoms with E-state index >= 15 is 0 Å². The molecule has 2 aromatic rings. The zero-order valence-electron chi connectivity index (χ0n) is 14.9. The molecule has 136 valence electrons. The number of nitrogens with one attached hydrogen (secondary N) is 2. The molecule has 2 rings (SSSR count). The molecule has 0 bridgehead atoms. The van der Waals surface area contributed by atoms with Crippen molar-refractivity contribution in [3.8, 4) is 5.75 Å². The maximum Gasteiger partial charge on any atom is 0.246 e. The SMILES string of the molecule is COc1ccc(C)cc1NC(=O)CN(C)S(=O)(=O)c1c(C)n[nH]c1C. The van der Waals surface area contributed by atoms with Gasteiger partial charge in [0.25, 0.3) is 0 Å². The van der Waals surface area contributed by atoms with Crippen LogP contribution in [0.15, 0.2) is 23.1 Å². The molecular weight excluding hydrogens is 344 g/mol. The molecule has 1 heterocycles. The van der Waals surface area contributed by atoms with Gasteiger partial charge in [-0.05, 0) is 38.5 Å². The van der Waals surface area contributed by atoms with E-state index in [2.05, 4.69) is 15.5 Å². The molecule has 9 heteroatoms. The summed E-state index contributed by atoms with van der Waals surface area (Å²) in [6, 6.07) is 5.36. The Morgan fingerprint density at radius 1 is 1.32 bits per heavy atom. The Bertz CT molecular complexity index is 870. The van der Waals surface area contributed by atoms with Crippen LogP contribution >= 0.6 is 0 Å². The maximum atomic E-state index is 12.7. The van der Waals surface area contributed by atoms with E-state index in [1.807, 2.05) is 13.0 Å². The lowest BCUT2D eigenvalue weighted by Gasteiger charge is -2.18. The second-order valence-corrected chi connectivity index (χ2v) is 7.76. The number of benzene rings is 1. The predicted molar refractivity (Wildman–Crippen MR) is 94.2 cm³/mol. The maximum absolute atomic E-state index is 12.7. The van der Waals surface area contributed by atoms with Crippen molar-refractivity contribution in [3.63, 3.8) is 0 Å². The lowest BCUT2D eigenvalue weighted by atomic mass is 10.2. The number of hydrogen-bond donors (Lipinski definition) is 2. The first-order chi connectivity index (χ1) is 11.7. The number of sulfonamides is 1. The molecule has 1 amide bonds. The Morgan fingerprint density at radius 2 is 2.00 bits per heavy atom. The van der Waals surface area contributed by atoms with Crippen molar-refractivity contribution in [3.05, 3.63) is 35.2 Å². The van der Waals surface area contributed by atoms with Crippen LogP contribution < -0.4 is 10.1 Å². The molecule has 0 radical (unpaired) electrons. The van der Waals surface area contributed by atoms with Gasteiger partial charge in [-0.3, -0.25) is 9.89 Å². The number of aryl methyl sites for hydroxylation is 3. The lowest BCUT2D eigenvalue weighted by molar-refractivity contribution is -0.116. The zero-order chi connectivity index (χ0) is 18.8. The Labute approximate surface area is 147 Å². The number of hydrogen-bond acceptors (Lipinski definition) is 5. The van der Waals surface area contributed by atoms with Crippen LogP contribution in [0.25, 0.3) is 0 Å². The summed E-state index contributed by atoms with van der Waals surface area (Å²) in [4.78, 5) is 12.4. The summed E-state index contributed by atoms with van der Waals surface area (Å²) < 4.78 is 31.5. The third-order valence-corrected chi connectivity index (χ3v) is 5.79. The number of methoxy groups -OCH3 is 1. The van der Waals surface area contributed by atoms with Crippen molar-refractivity contribution in [2.24, 2.45) is 0 Å². The molecular formula is C16H22N4O4S. The highest BCUT2D eigenvalue weighted by Gasteiger charge is 2.28. The molecule has 8 nitrogen and oxygen atoms in total. The van der Waals surface area contributed by atoms with Crippen LogP contribution in [0.1, 0.15) is 17.0 Å². The van der Waals surface area contributed by atoms with Crippen molar-refractivity contribution in [2.75, 3.05) is 26.0 Å². The summed E-state index contributed by atoms with van der Waals surface area (Å²) in [5.74, 6) is 0.0414. The molecule has 2 N–H and O–H groups in total. The molecule has 0 aliphatic heterocycles. The fourth-order valence-corrected chi connectivity index (χ4v) is 3.92. The normalized spacial score (nSPS) is 11.6. The number of carbonyl (C=O) groups is 1. The van der Waals surface area contributed by atoms with Gasteiger partial charge in [0, 0.05) is 7.05 Å². The largest absolute Gasteiger partial charge is 0.495 e. The van der Waals surface area contributed by atoms with E-state index in [0.29, 0.717) is 22.8 Å². The van der Waals surface area contributed by atoms with Crippen LogP contribution in [-0.2, 0) is 14.8 Å². The molecule has 0 saturated heterocycles. The number of aromatic amines is 1.